The molecule has 152 valence electrons. The molecule has 4 rings (SSSR count). The van der Waals surface area contributed by atoms with Gasteiger partial charge in [-0.3, -0.25) is 19.6 Å². The molecule has 0 aromatic carbocycles. The third-order valence-electron chi connectivity index (χ3n) is 6.62. The van der Waals surface area contributed by atoms with Gasteiger partial charge in [-0.05, 0) is 55.9 Å². The number of carbonyl (C=O) groups is 2. The predicted octanol–water partition coefficient (Wildman–Crippen LogP) is 2.89. The summed E-state index contributed by atoms with van der Waals surface area (Å²) in [7, 11) is 0. The van der Waals surface area contributed by atoms with Crippen LogP contribution in [0.2, 0.25) is 0 Å². The first kappa shape index (κ1) is 19.6. The van der Waals surface area contributed by atoms with E-state index in [1.807, 2.05) is 41.4 Å². The minimum atomic E-state index is -0.484. The van der Waals surface area contributed by atoms with E-state index in [1.54, 1.807) is 12.4 Å². The fraction of sp³-hybridized carbons (Fsp3) is 0.478. The molecule has 2 saturated heterocycles. The number of nitrogens with zero attached hydrogens (tertiary/aromatic N) is 3. The molecule has 0 saturated carbocycles. The van der Waals surface area contributed by atoms with Crippen LogP contribution < -0.4 is 5.32 Å². The number of amides is 2. The fourth-order valence-corrected chi connectivity index (χ4v) is 5.12. The maximum Gasteiger partial charge on any atom is 0.228 e. The Labute approximate surface area is 171 Å². The van der Waals surface area contributed by atoms with Crippen molar-refractivity contribution in [2.24, 2.45) is 5.41 Å². The molecule has 29 heavy (non-hydrogen) atoms. The number of aromatic nitrogens is 2. The molecule has 2 bridgehead atoms. The zero-order valence-electron chi connectivity index (χ0n) is 16.9. The molecule has 3 atom stereocenters. The van der Waals surface area contributed by atoms with Crippen LogP contribution in [0, 0.1) is 5.41 Å². The summed E-state index contributed by atoms with van der Waals surface area (Å²) in [4.78, 5) is 36.7. The van der Waals surface area contributed by atoms with Crippen molar-refractivity contribution in [3.8, 4) is 0 Å². The number of rotatable bonds is 7. The summed E-state index contributed by atoms with van der Waals surface area (Å²) in [6, 6.07) is 9.78. The van der Waals surface area contributed by atoms with Gasteiger partial charge in [-0.15, -0.1) is 0 Å². The van der Waals surface area contributed by atoms with Crippen LogP contribution in [0.5, 0.6) is 0 Å². The molecule has 0 spiro atoms. The Morgan fingerprint density at radius 3 is 2.83 bits per heavy atom. The highest BCUT2D eigenvalue weighted by atomic mass is 16.2. The summed E-state index contributed by atoms with van der Waals surface area (Å²) in [5.41, 5.74) is 1.43. The highest BCUT2D eigenvalue weighted by molar-refractivity contribution is 5.87. The van der Waals surface area contributed by atoms with Crippen LogP contribution in [0.3, 0.4) is 0 Å². The summed E-state index contributed by atoms with van der Waals surface area (Å²) in [5.74, 6) is 0.220. The molecule has 0 unspecified atom stereocenters. The van der Waals surface area contributed by atoms with Crippen molar-refractivity contribution in [3.05, 3.63) is 60.2 Å². The van der Waals surface area contributed by atoms with Crippen LogP contribution in [0.25, 0.3) is 0 Å². The Kier molecular flexibility index (Phi) is 5.60. The number of hydrogen-bond donors (Lipinski definition) is 1. The van der Waals surface area contributed by atoms with E-state index in [0.717, 1.165) is 36.9 Å². The van der Waals surface area contributed by atoms with E-state index in [-0.39, 0.29) is 23.9 Å². The lowest BCUT2D eigenvalue weighted by Gasteiger charge is -2.35. The van der Waals surface area contributed by atoms with Crippen molar-refractivity contribution in [2.75, 3.05) is 0 Å². The Morgan fingerprint density at radius 1 is 1.21 bits per heavy atom. The third kappa shape index (κ3) is 3.76. The average Bonchev–Trinajstić information content (AvgIpc) is 3.34. The Hall–Kier alpha value is -2.76. The normalized spacial score (nSPS) is 25.2. The molecule has 2 aromatic heterocycles. The Morgan fingerprint density at radius 2 is 2.10 bits per heavy atom. The van der Waals surface area contributed by atoms with E-state index in [4.69, 9.17) is 0 Å². The van der Waals surface area contributed by atoms with Crippen LogP contribution in [-0.4, -0.2) is 38.8 Å². The van der Waals surface area contributed by atoms with Crippen molar-refractivity contribution >= 4 is 11.8 Å². The molecular formula is C23H28N4O2. The summed E-state index contributed by atoms with van der Waals surface area (Å²) in [6.07, 6.45) is 9.86. The van der Waals surface area contributed by atoms with Gasteiger partial charge in [-0.2, -0.15) is 0 Å². The highest BCUT2D eigenvalue weighted by Crippen LogP contribution is 2.52. The molecular weight excluding hydrogens is 364 g/mol. The first-order chi connectivity index (χ1) is 14.1. The second-order valence-corrected chi connectivity index (χ2v) is 8.13. The van der Waals surface area contributed by atoms with Gasteiger partial charge >= 0.3 is 0 Å². The average molecular weight is 393 g/mol. The summed E-state index contributed by atoms with van der Waals surface area (Å²) >= 11 is 0. The summed E-state index contributed by atoms with van der Waals surface area (Å²) in [6.45, 7) is 2.49. The predicted molar refractivity (Wildman–Crippen MR) is 110 cm³/mol. The van der Waals surface area contributed by atoms with E-state index in [2.05, 4.69) is 22.2 Å². The van der Waals surface area contributed by atoms with Crippen LogP contribution in [0.15, 0.2) is 48.9 Å². The van der Waals surface area contributed by atoms with Crippen LogP contribution in [-0.2, 0) is 22.6 Å². The topological polar surface area (TPSA) is 75.2 Å². The number of pyridine rings is 2. The Bertz CT molecular complexity index is 858. The van der Waals surface area contributed by atoms with Crippen molar-refractivity contribution in [2.45, 2.75) is 64.1 Å². The van der Waals surface area contributed by atoms with Gasteiger partial charge in [-0.1, -0.05) is 19.1 Å². The summed E-state index contributed by atoms with van der Waals surface area (Å²) < 4.78 is 0. The molecule has 1 N–H and O–H groups in total. The van der Waals surface area contributed by atoms with E-state index in [9.17, 15) is 9.59 Å². The first-order valence-electron chi connectivity index (χ1n) is 10.5. The van der Waals surface area contributed by atoms with Crippen LogP contribution >= 0.6 is 0 Å². The van der Waals surface area contributed by atoms with E-state index >= 15 is 0 Å². The van der Waals surface area contributed by atoms with E-state index < -0.39 is 5.41 Å². The lowest BCUT2D eigenvalue weighted by molar-refractivity contribution is -0.137. The lowest BCUT2D eigenvalue weighted by atomic mass is 9.71. The van der Waals surface area contributed by atoms with Gasteiger partial charge in [0.15, 0.2) is 0 Å². The third-order valence-corrected chi connectivity index (χ3v) is 6.62. The second kappa shape index (κ2) is 8.31. The van der Waals surface area contributed by atoms with E-state index in [1.165, 1.54) is 0 Å². The maximum atomic E-state index is 13.2. The van der Waals surface area contributed by atoms with Crippen molar-refractivity contribution in [1.82, 2.24) is 20.2 Å². The van der Waals surface area contributed by atoms with Gasteiger partial charge < -0.3 is 10.2 Å². The van der Waals surface area contributed by atoms with Gasteiger partial charge in [-0.25, -0.2) is 0 Å². The molecule has 6 nitrogen and oxygen atoms in total. The van der Waals surface area contributed by atoms with Gasteiger partial charge in [0.05, 0.1) is 17.7 Å². The van der Waals surface area contributed by atoms with Gasteiger partial charge in [0.25, 0.3) is 0 Å². The van der Waals surface area contributed by atoms with Gasteiger partial charge in [0.2, 0.25) is 11.8 Å². The fourth-order valence-electron chi connectivity index (χ4n) is 5.12. The zero-order valence-corrected chi connectivity index (χ0v) is 16.9. The Balaban J connectivity index is 1.42. The minimum Gasteiger partial charge on any atom is -0.350 e. The van der Waals surface area contributed by atoms with Crippen molar-refractivity contribution < 1.29 is 9.59 Å². The molecule has 6 heteroatoms. The lowest BCUT2D eigenvalue weighted by Crippen LogP contribution is -2.49. The number of fused-ring (bicyclic) bond motifs is 2. The first-order valence-corrected chi connectivity index (χ1v) is 10.5. The maximum absolute atomic E-state index is 13.2. The molecule has 2 aromatic rings. The van der Waals surface area contributed by atoms with Crippen LogP contribution in [0.4, 0.5) is 0 Å². The second-order valence-electron chi connectivity index (χ2n) is 8.13. The zero-order chi connectivity index (χ0) is 20.3. The summed E-state index contributed by atoms with van der Waals surface area (Å²) in [5, 5.41) is 3.09. The quantitative estimate of drug-likeness (QED) is 0.786. The molecule has 0 radical (unpaired) electrons. The number of carbonyl (C=O) groups excluding carboxylic acids is 2. The number of nitrogens with one attached hydrogen (secondary N) is 1. The molecule has 2 amide bonds. The standard InChI is InChI=1S/C23H28N4O2/c1-2-23(22(29)26-16-18-7-3-4-13-25-18)14-19-9-10-20(23)27(19)21(28)11-8-17-6-5-12-24-15-17/h3-7,12-13,15,19-20H,2,8-11,14,16H2,1H3,(H,26,29)/t19-,20+,23+/m0/s1. The molecule has 2 aliphatic rings. The smallest absolute Gasteiger partial charge is 0.228 e. The van der Waals surface area contributed by atoms with E-state index in [0.29, 0.717) is 19.4 Å². The molecule has 4 heterocycles. The van der Waals surface area contributed by atoms with Crippen molar-refractivity contribution in [3.63, 3.8) is 0 Å². The molecule has 2 aliphatic heterocycles. The SMILES string of the molecule is CC[C@@]1(C(=O)NCc2ccccn2)C[C@@H]2CC[C@H]1N2C(=O)CCc1cccnc1. The monoisotopic (exact) mass is 392 g/mol. The van der Waals surface area contributed by atoms with Crippen LogP contribution in [0.1, 0.15) is 50.3 Å². The van der Waals surface area contributed by atoms with Gasteiger partial charge in [0.1, 0.15) is 0 Å². The van der Waals surface area contributed by atoms with Gasteiger partial charge in [0, 0.05) is 37.1 Å². The largest absolute Gasteiger partial charge is 0.350 e. The molecule has 0 aliphatic carbocycles. The number of aryl methyl sites for hydroxylation is 1. The molecule has 2 fully saturated rings. The van der Waals surface area contributed by atoms with Crippen molar-refractivity contribution in [1.29, 1.82) is 0 Å². The number of hydrogen-bond acceptors (Lipinski definition) is 4. The highest BCUT2D eigenvalue weighted by Gasteiger charge is 2.59. The minimum absolute atomic E-state index is 0.00244.